The number of anilines is 2. The van der Waals surface area contributed by atoms with Crippen LogP contribution in [-0.4, -0.2) is 25.2 Å². The Labute approximate surface area is 148 Å². The van der Waals surface area contributed by atoms with Gasteiger partial charge in [0.2, 0.25) is 0 Å². The van der Waals surface area contributed by atoms with Crippen LogP contribution in [0.15, 0.2) is 36.4 Å². The molecule has 0 bridgehead atoms. The Morgan fingerprint density at radius 3 is 2.44 bits per heavy atom. The highest BCUT2D eigenvalue weighted by Gasteiger charge is 2.20. The number of esters is 1. The number of nitrogen functional groups attached to an aromatic ring is 1. The number of hydrogen-bond acceptors (Lipinski definition) is 6. The minimum atomic E-state index is -0.310. The third-order valence-corrected chi connectivity index (χ3v) is 4.38. The molecule has 0 saturated heterocycles. The summed E-state index contributed by atoms with van der Waals surface area (Å²) in [7, 11) is 3.08. The number of carbonyl (C=O) groups is 1. The van der Waals surface area contributed by atoms with Gasteiger partial charge in [-0.15, -0.1) is 0 Å². The number of carbonyl (C=O) groups excluding carboxylic acids is 1. The average Bonchev–Trinajstić information content (AvgIpc) is 2.59. The van der Waals surface area contributed by atoms with Gasteiger partial charge in [0, 0.05) is 13.0 Å². The maximum atomic E-state index is 11.9. The topological polar surface area (TPSA) is 102 Å². The Balaban J connectivity index is 2.49. The van der Waals surface area contributed by atoms with Crippen molar-refractivity contribution in [3.8, 4) is 0 Å². The second kappa shape index (κ2) is 8.00. The molecule has 5 N–H and O–H groups in total. The zero-order valence-corrected chi connectivity index (χ0v) is 14.8. The number of benzene rings is 2. The standard InChI is InChI=1S/C19H25N3O3/c1-12-4-5-13(8-15(12)11-23)16(10-19(24)25-3)14-6-7-18(22(2)21)17(20)9-14/h4-9,16,23H,10-11,20-21H2,1-3H3. The number of aliphatic hydroxyl groups is 1. The summed E-state index contributed by atoms with van der Waals surface area (Å²) in [5.41, 5.74) is 11.0. The molecule has 0 aliphatic carbocycles. The summed E-state index contributed by atoms with van der Waals surface area (Å²) < 4.78 is 4.85. The second-order valence-corrected chi connectivity index (χ2v) is 6.11. The quantitative estimate of drug-likeness (QED) is 0.321. The van der Waals surface area contributed by atoms with Crippen molar-refractivity contribution >= 4 is 17.3 Å². The molecule has 0 radical (unpaired) electrons. The second-order valence-electron chi connectivity index (χ2n) is 6.11. The molecule has 134 valence electrons. The summed E-state index contributed by atoms with van der Waals surface area (Å²) in [5, 5.41) is 11.0. The van der Waals surface area contributed by atoms with E-state index in [0.717, 1.165) is 22.3 Å². The third kappa shape index (κ3) is 4.29. The molecule has 0 heterocycles. The number of aryl methyl sites for hydroxylation is 1. The Bertz CT molecular complexity index is 760. The Morgan fingerprint density at radius 2 is 1.88 bits per heavy atom. The Kier molecular flexibility index (Phi) is 6.01. The summed E-state index contributed by atoms with van der Waals surface area (Å²) in [6.07, 6.45) is 0.182. The van der Waals surface area contributed by atoms with Crippen LogP contribution >= 0.6 is 0 Å². The normalized spacial score (nSPS) is 11.9. The first-order valence-corrected chi connectivity index (χ1v) is 8.02. The van der Waals surface area contributed by atoms with E-state index in [1.807, 2.05) is 43.3 Å². The van der Waals surface area contributed by atoms with Crippen molar-refractivity contribution in [1.82, 2.24) is 0 Å². The highest BCUT2D eigenvalue weighted by Crippen LogP contribution is 2.33. The molecule has 6 nitrogen and oxygen atoms in total. The van der Waals surface area contributed by atoms with Gasteiger partial charge in [0.25, 0.3) is 0 Å². The van der Waals surface area contributed by atoms with Crippen LogP contribution in [0.4, 0.5) is 11.4 Å². The SMILES string of the molecule is COC(=O)CC(c1ccc(N(C)N)c(N)c1)c1ccc(C)c(CO)c1. The van der Waals surface area contributed by atoms with E-state index in [0.29, 0.717) is 11.4 Å². The van der Waals surface area contributed by atoms with Gasteiger partial charge in [-0.2, -0.15) is 0 Å². The summed E-state index contributed by atoms with van der Waals surface area (Å²) in [5.74, 6) is 5.23. The first-order valence-electron chi connectivity index (χ1n) is 8.02. The number of nitrogens with two attached hydrogens (primary N) is 2. The lowest BCUT2D eigenvalue weighted by molar-refractivity contribution is -0.140. The van der Waals surface area contributed by atoms with Crippen molar-refractivity contribution in [3.63, 3.8) is 0 Å². The molecule has 6 heteroatoms. The van der Waals surface area contributed by atoms with E-state index in [4.69, 9.17) is 16.3 Å². The molecule has 0 aliphatic rings. The predicted molar refractivity (Wildman–Crippen MR) is 99.0 cm³/mol. The number of rotatable bonds is 6. The van der Waals surface area contributed by atoms with Gasteiger partial charge < -0.3 is 20.6 Å². The van der Waals surface area contributed by atoms with Gasteiger partial charge in [-0.1, -0.05) is 24.3 Å². The molecule has 2 aromatic carbocycles. The molecule has 0 spiro atoms. The summed E-state index contributed by atoms with van der Waals surface area (Å²) in [6.45, 7) is 1.89. The van der Waals surface area contributed by atoms with Crippen LogP contribution in [0.3, 0.4) is 0 Å². The van der Waals surface area contributed by atoms with Crippen molar-refractivity contribution in [2.24, 2.45) is 5.84 Å². The van der Waals surface area contributed by atoms with Crippen molar-refractivity contribution in [2.45, 2.75) is 25.9 Å². The molecule has 0 amide bonds. The minimum absolute atomic E-state index is 0.0519. The van der Waals surface area contributed by atoms with E-state index in [9.17, 15) is 9.90 Å². The smallest absolute Gasteiger partial charge is 0.306 e. The van der Waals surface area contributed by atoms with Crippen LogP contribution < -0.4 is 16.6 Å². The van der Waals surface area contributed by atoms with Crippen LogP contribution in [0, 0.1) is 6.92 Å². The fraction of sp³-hybridized carbons (Fsp3) is 0.316. The van der Waals surface area contributed by atoms with Crippen molar-refractivity contribution in [1.29, 1.82) is 0 Å². The maximum Gasteiger partial charge on any atom is 0.306 e. The fourth-order valence-corrected chi connectivity index (χ4v) is 2.87. The van der Waals surface area contributed by atoms with Gasteiger partial charge in [-0.05, 0) is 41.3 Å². The number of hydrazine groups is 1. The van der Waals surface area contributed by atoms with Crippen molar-refractivity contribution in [3.05, 3.63) is 58.7 Å². The van der Waals surface area contributed by atoms with Crippen LogP contribution in [0.1, 0.15) is 34.6 Å². The van der Waals surface area contributed by atoms with E-state index in [-0.39, 0.29) is 24.9 Å². The monoisotopic (exact) mass is 343 g/mol. The highest BCUT2D eigenvalue weighted by molar-refractivity contribution is 5.73. The molecule has 0 saturated carbocycles. The average molecular weight is 343 g/mol. The van der Waals surface area contributed by atoms with Gasteiger partial charge in [0.15, 0.2) is 0 Å². The molecule has 0 fully saturated rings. The highest BCUT2D eigenvalue weighted by atomic mass is 16.5. The number of nitrogens with zero attached hydrogens (tertiary/aromatic N) is 1. The lowest BCUT2D eigenvalue weighted by Crippen LogP contribution is -2.26. The van der Waals surface area contributed by atoms with Crippen molar-refractivity contribution < 1.29 is 14.6 Å². The first-order chi connectivity index (χ1) is 11.9. The Hall–Kier alpha value is -2.57. The van der Waals surface area contributed by atoms with Gasteiger partial charge in [0.1, 0.15) is 0 Å². The zero-order chi connectivity index (χ0) is 18.6. The van der Waals surface area contributed by atoms with Gasteiger partial charge in [-0.3, -0.25) is 4.79 Å². The Morgan fingerprint density at radius 1 is 1.24 bits per heavy atom. The lowest BCUT2D eigenvalue weighted by Gasteiger charge is -2.21. The molecule has 1 unspecified atom stereocenters. The molecule has 25 heavy (non-hydrogen) atoms. The van der Waals surface area contributed by atoms with Gasteiger partial charge in [0.05, 0.1) is 31.5 Å². The van der Waals surface area contributed by atoms with E-state index < -0.39 is 0 Å². The first kappa shape index (κ1) is 18.8. The number of ether oxygens (including phenoxy) is 1. The largest absolute Gasteiger partial charge is 0.469 e. The maximum absolute atomic E-state index is 11.9. The molecular weight excluding hydrogens is 318 g/mol. The van der Waals surface area contributed by atoms with E-state index in [2.05, 4.69) is 0 Å². The molecule has 2 rings (SSSR count). The summed E-state index contributed by atoms with van der Waals surface area (Å²) >= 11 is 0. The number of hydrogen-bond donors (Lipinski definition) is 3. The molecule has 0 aliphatic heterocycles. The minimum Gasteiger partial charge on any atom is -0.469 e. The summed E-state index contributed by atoms with van der Waals surface area (Å²) in [4.78, 5) is 11.9. The third-order valence-electron chi connectivity index (χ3n) is 4.38. The number of methoxy groups -OCH3 is 1. The van der Waals surface area contributed by atoms with Crippen molar-refractivity contribution in [2.75, 3.05) is 24.9 Å². The number of aliphatic hydroxyl groups excluding tert-OH is 1. The lowest BCUT2D eigenvalue weighted by atomic mass is 9.86. The molecular formula is C19H25N3O3. The van der Waals surface area contributed by atoms with Crippen LogP contribution in [0.5, 0.6) is 0 Å². The summed E-state index contributed by atoms with van der Waals surface area (Å²) in [6, 6.07) is 11.4. The van der Waals surface area contributed by atoms with E-state index in [1.54, 1.807) is 7.05 Å². The fourth-order valence-electron chi connectivity index (χ4n) is 2.87. The van der Waals surface area contributed by atoms with Crippen LogP contribution in [-0.2, 0) is 16.1 Å². The van der Waals surface area contributed by atoms with E-state index >= 15 is 0 Å². The van der Waals surface area contributed by atoms with Crippen LogP contribution in [0.2, 0.25) is 0 Å². The molecule has 1 atom stereocenters. The van der Waals surface area contributed by atoms with E-state index in [1.165, 1.54) is 12.1 Å². The molecule has 2 aromatic rings. The predicted octanol–water partition coefficient (Wildman–Crippen LogP) is 2.07. The van der Waals surface area contributed by atoms with Crippen LogP contribution in [0.25, 0.3) is 0 Å². The van der Waals surface area contributed by atoms with Gasteiger partial charge >= 0.3 is 5.97 Å². The molecule has 0 aromatic heterocycles. The van der Waals surface area contributed by atoms with Gasteiger partial charge in [-0.25, -0.2) is 5.84 Å². The zero-order valence-electron chi connectivity index (χ0n) is 14.8.